The Labute approximate surface area is 184 Å². The molecule has 0 radical (unpaired) electrons. The molecule has 0 bridgehead atoms. The van der Waals surface area contributed by atoms with Crippen molar-refractivity contribution >= 4 is 20.9 Å². The highest BCUT2D eigenvalue weighted by molar-refractivity contribution is 7.89. The molecule has 0 fully saturated rings. The summed E-state index contributed by atoms with van der Waals surface area (Å²) in [5, 5.41) is 1.05. The topological polar surface area (TPSA) is 62.0 Å². The van der Waals surface area contributed by atoms with Crippen LogP contribution >= 0.6 is 0 Å². The van der Waals surface area contributed by atoms with E-state index >= 15 is 0 Å². The average molecular weight is 433 g/mol. The van der Waals surface area contributed by atoms with Crippen LogP contribution in [0.15, 0.2) is 83.8 Å². The Morgan fingerprint density at radius 1 is 0.903 bits per heavy atom. The summed E-state index contributed by atoms with van der Waals surface area (Å²) < 4.78 is 29.7. The first-order valence-corrected chi connectivity index (χ1v) is 12.2. The minimum absolute atomic E-state index is 0.272. The molecule has 0 spiro atoms. The van der Waals surface area contributed by atoms with Gasteiger partial charge in [-0.05, 0) is 43.5 Å². The van der Waals surface area contributed by atoms with E-state index in [9.17, 15) is 8.42 Å². The van der Waals surface area contributed by atoms with Crippen LogP contribution in [0.25, 0.3) is 10.9 Å². The molecule has 1 aromatic heterocycles. The monoisotopic (exact) mass is 432 g/mol. The number of fused-ring (bicyclic) bond motifs is 1. The lowest BCUT2D eigenvalue weighted by Gasteiger charge is -2.21. The first-order chi connectivity index (χ1) is 15.0. The van der Waals surface area contributed by atoms with E-state index in [1.54, 1.807) is 12.1 Å². The van der Waals surface area contributed by atoms with Crippen molar-refractivity contribution in [2.75, 3.05) is 0 Å². The normalized spacial score (nSPS) is 12.8. The molecule has 0 saturated carbocycles. The van der Waals surface area contributed by atoms with Crippen molar-refractivity contribution in [2.45, 2.75) is 44.0 Å². The van der Waals surface area contributed by atoms with Crippen LogP contribution in [0.2, 0.25) is 0 Å². The maximum Gasteiger partial charge on any atom is 0.241 e. The van der Waals surface area contributed by atoms with Crippen molar-refractivity contribution in [1.82, 2.24) is 9.71 Å². The van der Waals surface area contributed by atoms with Crippen LogP contribution in [0.1, 0.15) is 48.2 Å². The number of unbranched alkanes of at least 4 members (excludes halogenated alkanes) is 1. The van der Waals surface area contributed by atoms with E-state index in [1.807, 2.05) is 67.6 Å². The summed E-state index contributed by atoms with van der Waals surface area (Å²) in [7, 11) is -3.72. The minimum Gasteiger partial charge on any atom is -0.358 e. The highest BCUT2D eigenvalue weighted by Gasteiger charge is 2.27. The van der Waals surface area contributed by atoms with Crippen LogP contribution in [0.3, 0.4) is 0 Å². The van der Waals surface area contributed by atoms with Crippen molar-refractivity contribution in [3.8, 4) is 0 Å². The van der Waals surface area contributed by atoms with E-state index < -0.39 is 16.1 Å². The zero-order chi connectivity index (χ0) is 21.8. The molecule has 31 heavy (non-hydrogen) atoms. The standard InChI is InChI=1S/C26H28N2O2S/c1-3-4-13-24-25(22-12-8-9-14-23(22)27-24)26(20-10-6-5-7-11-20)28-31(29,30)21-17-15-19(2)16-18-21/h5-12,14-18,26-28H,3-4,13H2,1-2H3. The summed E-state index contributed by atoms with van der Waals surface area (Å²) in [5.74, 6) is 0. The van der Waals surface area contributed by atoms with Gasteiger partial charge in [-0.3, -0.25) is 0 Å². The minimum atomic E-state index is -3.72. The molecule has 1 heterocycles. The summed E-state index contributed by atoms with van der Waals surface area (Å²) in [6.07, 6.45) is 2.97. The van der Waals surface area contributed by atoms with Crippen molar-refractivity contribution < 1.29 is 8.42 Å². The Bertz CT molecular complexity index is 1260. The van der Waals surface area contributed by atoms with Gasteiger partial charge in [0.2, 0.25) is 10.0 Å². The van der Waals surface area contributed by atoms with Gasteiger partial charge in [-0.1, -0.05) is 79.6 Å². The second-order valence-corrected chi connectivity index (χ2v) is 9.66. The van der Waals surface area contributed by atoms with Gasteiger partial charge < -0.3 is 4.98 Å². The number of sulfonamides is 1. The number of rotatable bonds is 8. The molecule has 5 heteroatoms. The third-order valence-corrected chi connectivity index (χ3v) is 7.07. The van der Waals surface area contributed by atoms with E-state index in [-0.39, 0.29) is 4.90 Å². The molecule has 0 aliphatic carbocycles. The fraction of sp³-hybridized carbons (Fsp3) is 0.231. The molecule has 0 amide bonds. The van der Waals surface area contributed by atoms with Gasteiger partial charge in [-0.15, -0.1) is 0 Å². The van der Waals surface area contributed by atoms with E-state index in [2.05, 4.69) is 22.7 Å². The fourth-order valence-corrected chi connectivity index (χ4v) is 5.17. The molecule has 3 aromatic carbocycles. The Balaban J connectivity index is 1.86. The quantitative estimate of drug-likeness (QED) is 0.365. The number of hydrogen-bond donors (Lipinski definition) is 2. The number of benzene rings is 3. The van der Waals surface area contributed by atoms with Gasteiger partial charge in [0.25, 0.3) is 0 Å². The summed E-state index contributed by atoms with van der Waals surface area (Å²) in [4.78, 5) is 3.82. The van der Waals surface area contributed by atoms with Crippen molar-refractivity contribution in [3.63, 3.8) is 0 Å². The van der Waals surface area contributed by atoms with Gasteiger partial charge in [-0.2, -0.15) is 4.72 Å². The predicted octanol–water partition coefficient (Wildman–Crippen LogP) is 5.89. The van der Waals surface area contributed by atoms with Crippen LogP contribution in [0.4, 0.5) is 0 Å². The van der Waals surface area contributed by atoms with Crippen LogP contribution in [0, 0.1) is 6.92 Å². The van der Waals surface area contributed by atoms with E-state index in [0.717, 1.165) is 52.5 Å². The molecule has 0 aliphatic rings. The lowest BCUT2D eigenvalue weighted by molar-refractivity contribution is 0.571. The summed E-state index contributed by atoms with van der Waals surface area (Å²) in [6, 6.07) is 24.4. The van der Waals surface area contributed by atoms with E-state index in [1.165, 1.54) is 0 Å². The molecule has 160 valence electrons. The summed E-state index contributed by atoms with van der Waals surface area (Å²) in [6.45, 7) is 4.11. The molecule has 0 aliphatic heterocycles. The fourth-order valence-electron chi connectivity index (χ4n) is 3.98. The number of hydrogen-bond acceptors (Lipinski definition) is 2. The maximum absolute atomic E-state index is 13.4. The highest BCUT2D eigenvalue weighted by Crippen LogP contribution is 2.34. The molecule has 1 unspecified atom stereocenters. The average Bonchev–Trinajstić information content (AvgIpc) is 3.15. The molecule has 1 atom stereocenters. The molecule has 0 saturated heterocycles. The van der Waals surface area contributed by atoms with Gasteiger partial charge in [-0.25, -0.2) is 8.42 Å². The third-order valence-electron chi connectivity index (χ3n) is 5.63. The summed E-state index contributed by atoms with van der Waals surface area (Å²) >= 11 is 0. The Hall–Kier alpha value is -2.89. The lowest BCUT2D eigenvalue weighted by Crippen LogP contribution is -2.30. The largest absolute Gasteiger partial charge is 0.358 e. The number of aromatic nitrogens is 1. The first-order valence-electron chi connectivity index (χ1n) is 10.7. The molecule has 2 N–H and O–H groups in total. The molecular formula is C26H28N2O2S. The van der Waals surface area contributed by atoms with E-state index in [0.29, 0.717) is 0 Å². The first kappa shape index (κ1) is 21.3. The number of nitrogens with one attached hydrogen (secondary N) is 2. The molecule has 4 rings (SSSR count). The molecular weight excluding hydrogens is 404 g/mol. The van der Waals surface area contributed by atoms with Gasteiger partial charge in [0.05, 0.1) is 10.9 Å². The number of aryl methyl sites for hydroxylation is 2. The van der Waals surface area contributed by atoms with Gasteiger partial charge in [0.15, 0.2) is 0 Å². The number of aromatic amines is 1. The number of para-hydroxylation sites is 1. The Morgan fingerprint density at radius 3 is 2.29 bits per heavy atom. The smallest absolute Gasteiger partial charge is 0.241 e. The zero-order valence-electron chi connectivity index (χ0n) is 17.9. The second kappa shape index (κ2) is 9.08. The van der Waals surface area contributed by atoms with Crippen LogP contribution in [-0.4, -0.2) is 13.4 Å². The Morgan fingerprint density at radius 2 is 1.58 bits per heavy atom. The lowest BCUT2D eigenvalue weighted by atomic mass is 9.95. The third kappa shape index (κ3) is 4.58. The SMILES string of the molecule is CCCCc1[nH]c2ccccc2c1C(NS(=O)(=O)c1ccc(C)cc1)c1ccccc1. The maximum atomic E-state index is 13.4. The van der Waals surface area contributed by atoms with Crippen molar-refractivity contribution in [1.29, 1.82) is 0 Å². The Kier molecular flexibility index (Phi) is 6.25. The van der Waals surface area contributed by atoms with Crippen LogP contribution in [-0.2, 0) is 16.4 Å². The van der Waals surface area contributed by atoms with Crippen LogP contribution < -0.4 is 4.72 Å². The number of H-pyrrole nitrogens is 1. The predicted molar refractivity (Wildman–Crippen MR) is 127 cm³/mol. The van der Waals surface area contributed by atoms with E-state index in [4.69, 9.17) is 0 Å². The molecule has 4 nitrogen and oxygen atoms in total. The van der Waals surface area contributed by atoms with Crippen LogP contribution in [0.5, 0.6) is 0 Å². The van der Waals surface area contributed by atoms with Crippen molar-refractivity contribution in [2.24, 2.45) is 0 Å². The molecule has 4 aromatic rings. The summed E-state index contributed by atoms with van der Waals surface area (Å²) in [5.41, 5.74) is 5.06. The van der Waals surface area contributed by atoms with Crippen molar-refractivity contribution in [3.05, 3.63) is 101 Å². The second-order valence-electron chi connectivity index (χ2n) is 7.94. The zero-order valence-corrected chi connectivity index (χ0v) is 18.7. The van der Waals surface area contributed by atoms with Gasteiger partial charge >= 0.3 is 0 Å². The van der Waals surface area contributed by atoms with Gasteiger partial charge in [0.1, 0.15) is 0 Å². The van der Waals surface area contributed by atoms with Gasteiger partial charge in [0, 0.05) is 22.2 Å². The highest BCUT2D eigenvalue weighted by atomic mass is 32.2.